The molecule has 0 aromatic carbocycles. The van der Waals surface area contributed by atoms with E-state index in [2.05, 4.69) is 17.3 Å². The number of nitrogens with one attached hydrogen (secondary N) is 1. The van der Waals surface area contributed by atoms with E-state index in [4.69, 9.17) is 0 Å². The number of hydrogen-bond donors (Lipinski definition) is 1. The monoisotopic (exact) mass is 220 g/mol. The van der Waals surface area contributed by atoms with Gasteiger partial charge >= 0.3 is 0 Å². The zero-order valence-corrected chi connectivity index (χ0v) is 10.4. The maximum Gasteiger partial charge on any atom is 0.0480 e. The van der Waals surface area contributed by atoms with E-state index in [1.54, 1.807) is 32.1 Å². The van der Waals surface area contributed by atoms with Gasteiger partial charge in [0, 0.05) is 19.3 Å². The Hall–Kier alpha value is -0.0800. The summed E-state index contributed by atoms with van der Waals surface area (Å²) < 4.78 is 0. The van der Waals surface area contributed by atoms with Crippen molar-refractivity contribution in [3.63, 3.8) is 0 Å². The molecule has 5 rings (SSSR count). The largest absolute Gasteiger partial charge is 0.300 e. The molecule has 5 aliphatic rings. The molecule has 2 heteroatoms. The summed E-state index contributed by atoms with van der Waals surface area (Å²) in [5.74, 6) is 5.44. The van der Waals surface area contributed by atoms with E-state index in [0.29, 0.717) is 0 Å². The molecule has 0 aromatic heterocycles. The van der Waals surface area contributed by atoms with Crippen LogP contribution >= 0.6 is 0 Å². The van der Waals surface area contributed by atoms with Gasteiger partial charge in [-0.05, 0) is 68.7 Å². The summed E-state index contributed by atoms with van der Waals surface area (Å²) in [6.07, 6.45) is 7.86. The van der Waals surface area contributed by atoms with Gasteiger partial charge < -0.3 is 0 Å². The summed E-state index contributed by atoms with van der Waals surface area (Å²) in [7, 11) is 2.25. The highest BCUT2D eigenvalue weighted by atomic mass is 15.3. The highest BCUT2D eigenvalue weighted by Crippen LogP contribution is 2.57. The molecule has 0 aromatic rings. The van der Waals surface area contributed by atoms with Crippen LogP contribution in [0.25, 0.3) is 0 Å². The molecule has 5 fully saturated rings. The van der Waals surface area contributed by atoms with Gasteiger partial charge in [0.25, 0.3) is 0 Å². The first kappa shape index (κ1) is 9.90. The van der Waals surface area contributed by atoms with Crippen LogP contribution in [-0.4, -0.2) is 31.2 Å². The lowest BCUT2D eigenvalue weighted by molar-refractivity contribution is -0.0483. The molecule has 1 atom stereocenters. The summed E-state index contributed by atoms with van der Waals surface area (Å²) in [5.41, 5.74) is 0. The van der Waals surface area contributed by atoms with Crippen molar-refractivity contribution < 1.29 is 0 Å². The van der Waals surface area contributed by atoms with Gasteiger partial charge in [-0.15, -0.1) is 0 Å². The third-order valence-electron chi connectivity index (χ3n) is 5.90. The van der Waals surface area contributed by atoms with Gasteiger partial charge in [-0.2, -0.15) is 0 Å². The van der Waals surface area contributed by atoms with Crippen molar-refractivity contribution >= 4 is 0 Å². The van der Waals surface area contributed by atoms with E-state index in [9.17, 15) is 0 Å². The van der Waals surface area contributed by atoms with Crippen molar-refractivity contribution in [3.8, 4) is 0 Å². The van der Waals surface area contributed by atoms with Crippen LogP contribution in [0.2, 0.25) is 0 Å². The van der Waals surface area contributed by atoms with E-state index < -0.39 is 0 Å². The Bertz CT molecular complexity index is 258. The molecule has 1 N–H and O–H groups in total. The highest BCUT2D eigenvalue weighted by Gasteiger charge is 2.51. The number of rotatable bonds is 1. The third-order valence-corrected chi connectivity index (χ3v) is 5.90. The fraction of sp³-hybridized carbons (Fsp3) is 1.00. The lowest BCUT2D eigenvalue weighted by atomic mass is 9.50. The van der Waals surface area contributed by atoms with Crippen molar-refractivity contribution in [2.45, 2.75) is 38.1 Å². The molecule has 0 amide bonds. The number of nitrogens with zero attached hydrogens (tertiary/aromatic N) is 1. The van der Waals surface area contributed by atoms with Gasteiger partial charge in [0.05, 0.1) is 0 Å². The van der Waals surface area contributed by atoms with Gasteiger partial charge in [0.1, 0.15) is 0 Å². The summed E-state index contributed by atoms with van der Waals surface area (Å²) in [5, 5.41) is 3.76. The minimum absolute atomic E-state index is 0.819. The predicted molar refractivity (Wildman–Crippen MR) is 65.0 cm³/mol. The topological polar surface area (TPSA) is 15.3 Å². The van der Waals surface area contributed by atoms with Crippen LogP contribution in [0.1, 0.15) is 32.1 Å². The fourth-order valence-corrected chi connectivity index (χ4v) is 5.62. The Labute approximate surface area is 98.8 Å². The van der Waals surface area contributed by atoms with Crippen LogP contribution in [0.5, 0.6) is 0 Å². The van der Waals surface area contributed by atoms with Gasteiger partial charge in [0.2, 0.25) is 0 Å². The van der Waals surface area contributed by atoms with Crippen LogP contribution in [0.15, 0.2) is 0 Å². The predicted octanol–water partition coefficient (Wildman–Crippen LogP) is 1.92. The zero-order valence-electron chi connectivity index (χ0n) is 10.4. The van der Waals surface area contributed by atoms with Gasteiger partial charge in [-0.25, -0.2) is 0 Å². The molecule has 4 saturated carbocycles. The van der Waals surface area contributed by atoms with Crippen molar-refractivity contribution in [2.24, 2.45) is 29.6 Å². The molecule has 1 unspecified atom stereocenters. The second-order valence-electron chi connectivity index (χ2n) is 7.02. The molecule has 4 aliphatic carbocycles. The maximum absolute atomic E-state index is 3.76. The minimum Gasteiger partial charge on any atom is -0.300 e. The van der Waals surface area contributed by atoms with E-state index in [1.165, 1.54) is 6.54 Å². The van der Waals surface area contributed by atoms with Crippen LogP contribution in [0.3, 0.4) is 0 Å². The first-order valence-electron chi connectivity index (χ1n) is 7.21. The van der Waals surface area contributed by atoms with E-state index in [-0.39, 0.29) is 0 Å². The first-order valence-corrected chi connectivity index (χ1v) is 7.21. The SMILES string of the molecule is CN1CNC(C2C3CC4CC(C3)CC2C4)C1. The smallest absolute Gasteiger partial charge is 0.0480 e. The Balaban J connectivity index is 1.56. The average Bonchev–Trinajstić information content (AvgIpc) is 2.63. The van der Waals surface area contributed by atoms with Gasteiger partial charge in [-0.3, -0.25) is 10.2 Å². The van der Waals surface area contributed by atoms with E-state index in [1.807, 2.05) is 0 Å². The molecule has 1 heterocycles. The van der Waals surface area contributed by atoms with Crippen LogP contribution in [0.4, 0.5) is 0 Å². The average molecular weight is 220 g/mol. The summed E-state index contributed by atoms with van der Waals surface area (Å²) in [4.78, 5) is 2.45. The fourth-order valence-electron chi connectivity index (χ4n) is 5.62. The van der Waals surface area contributed by atoms with Crippen LogP contribution < -0.4 is 5.32 Å². The molecule has 1 aliphatic heterocycles. The van der Waals surface area contributed by atoms with Crippen molar-refractivity contribution in [2.75, 3.05) is 20.3 Å². The quantitative estimate of drug-likeness (QED) is 0.726. The molecule has 0 radical (unpaired) electrons. The van der Waals surface area contributed by atoms with Gasteiger partial charge in [0.15, 0.2) is 0 Å². The second-order valence-corrected chi connectivity index (χ2v) is 7.02. The first-order chi connectivity index (χ1) is 7.79. The Morgan fingerprint density at radius 2 is 1.56 bits per heavy atom. The normalized spacial score (nSPS) is 56.1. The lowest BCUT2D eigenvalue weighted by Crippen LogP contribution is -2.52. The standard InChI is InChI=1S/C14H24N2/c1-16-7-13(15-8-16)14-11-3-9-2-10(5-11)6-12(14)4-9/h9-15H,2-8H2,1H3. The molecule has 0 spiro atoms. The van der Waals surface area contributed by atoms with E-state index in [0.717, 1.165) is 42.3 Å². The summed E-state index contributed by atoms with van der Waals surface area (Å²) in [6.45, 7) is 2.42. The van der Waals surface area contributed by atoms with Crippen molar-refractivity contribution in [1.82, 2.24) is 10.2 Å². The summed E-state index contributed by atoms with van der Waals surface area (Å²) >= 11 is 0. The van der Waals surface area contributed by atoms with Crippen LogP contribution in [0, 0.1) is 29.6 Å². The highest BCUT2D eigenvalue weighted by molar-refractivity contribution is 5.02. The van der Waals surface area contributed by atoms with Crippen molar-refractivity contribution in [3.05, 3.63) is 0 Å². The Morgan fingerprint density at radius 3 is 2.06 bits per heavy atom. The molecule has 2 nitrogen and oxygen atoms in total. The Morgan fingerprint density at radius 1 is 0.938 bits per heavy atom. The zero-order chi connectivity index (χ0) is 10.7. The van der Waals surface area contributed by atoms with E-state index >= 15 is 0 Å². The molecular formula is C14H24N2. The molecule has 1 saturated heterocycles. The Kier molecular flexibility index (Phi) is 2.14. The molecule has 16 heavy (non-hydrogen) atoms. The van der Waals surface area contributed by atoms with Gasteiger partial charge in [-0.1, -0.05) is 0 Å². The summed E-state index contributed by atoms with van der Waals surface area (Å²) in [6, 6.07) is 0.819. The van der Waals surface area contributed by atoms with Crippen LogP contribution in [-0.2, 0) is 0 Å². The maximum atomic E-state index is 3.76. The molecular weight excluding hydrogens is 196 g/mol. The van der Waals surface area contributed by atoms with Crippen molar-refractivity contribution in [1.29, 1.82) is 0 Å². The lowest BCUT2D eigenvalue weighted by Gasteiger charge is -2.56. The minimum atomic E-state index is 0.819. The molecule has 90 valence electrons. The second kappa shape index (κ2) is 3.46. The number of hydrogen-bond acceptors (Lipinski definition) is 2. The molecule has 4 bridgehead atoms. The third kappa shape index (κ3) is 1.39. The number of likely N-dealkylation sites (N-methyl/N-ethyl adjacent to an activating group) is 1.